The average molecular weight is 293 g/mol. The molecule has 112 valence electrons. The van der Waals surface area contributed by atoms with Gasteiger partial charge in [-0.1, -0.05) is 6.07 Å². The summed E-state index contributed by atoms with van der Waals surface area (Å²) in [7, 11) is 0. The fourth-order valence-corrected chi connectivity index (χ4v) is 2.77. The molecule has 7 heteroatoms. The van der Waals surface area contributed by atoms with E-state index in [0.29, 0.717) is 13.0 Å². The first-order valence-corrected chi connectivity index (χ1v) is 7.08. The van der Waals surface area contributed by atoms with Gasteiger partial charge in [0.1, 0.15) is 11.7 Å². The van der Waals surface area contributed by atoms with Crippen LogP contribution in [0.1, 0.15) is 25.7 Å². The lowest BCUT2D eigenvalue weighted by Gasteiger charge is -2.25. The van der Waals surface area contributed by atoms with Crippen molar-refractivity contribution in [2.24, 2.45) is 0 Å². The molecule has 1 aliphatic carbocycles. The van der Waals surface area contributed by atoms with Gasteiger partial charge in [0.25, 0.3) is 0 Å². The minimum absolute atomic E-state index is 0.117. The lowest BCUT2D eigenvalue weighted by molar-refractivity contribution is -0.386. The van der Waals surface area contributed by atoms with E-state index in [9.17, 15) is 19.3 Å². The van der Waals surface area contributed by atoms with Crippen LogP contribution < -0.4 is 10.2 Å². The summed E-state index contributed by atoms with van der Waals surface area (Å²) in [6.45, 7) is 0.521. The highest BCUT2D eigenvalue weighted by Crippen LogP contribution is 2.35. The maximum atomic E-state index is 13.7. The van der Waals surface area contributed by atoms with E-state index in [4.69, 9.17) is 0 Å². The number of nitrogens with one attached hydrogen (secondary N) is 1. The van der Waals surface area contributed by atoms with E-state index >= 15 is 0 Å². The summed E-state index contributed by atoms with van der Waals surface area (Å²) < 4.78 is 13.7. The zero-order chi connectivity index (χ0) is 15.0. The van der Waals surface area contributed by atoms with Crippen molar-refractivity contribution in [2.45, 2.75) is 37.8 Å². The van der Waals surface area contributed by atoms with Crippen LogP contribution >= 0.6 is 0 Å². The Kier molecular flexibility index (Phi) is 3.48. The number of nitro benzene ring substituents is 1. The highest BCUT2D eigenvalue weighted by Gasteiger charge is 2.37. The lowest BCUT2D eigenvalue weighted by Crippen LogP contribution is -2.44. The minimum Gasteiger partial charge on any atom is -0.354 e. The molecule has 1 heterocycles. The summed E-state index contributed by atoms with van der Waals surface area (Å²) >= 11 is 0. The second kappa shape index (κ2) is 5.31. The zero-order valence-electron chi connectivity index (χ0n) is 11.4. The number of rotatable bonds is 4. The number of hydrogen-bond donors (Lipinski definition) is 1. The Balaban J connectivity index is 1.89. The molecule has 0 unspecified atom stereocenters. The van der Waals surface area contributed by atoms with Crippen molar-refractivity contribution in [1.29, 1.82) is 0 Å². The number of anilines is 1. The monoisotopic (exact) mass is 293 g/mol. The van der Waals surface area contributed by atoms with Gasteiger partial charge in [-0.05, 0) is 37.8 Å². The Morgan fingerprint density at radius 2 is 2.14 bits per heavy atom. The molecule has 6 nitrogen and oxygen atoms in total. The predicted octanol–water partition coefficient (Wildman–Crippen LogP) is 1.98. The Bertz CT molecular complexity index is 589. The minimum atomic E-state index is -0.870. The summed E-state index contributed by atoms with van der Waals surface area (Å²) in [5.41, 5.74) is -0.364. The molecule has 21 heavy (non-hydrogen) atoms. The number of benzene rings is 1. The molecule has 1 aromatic rings. The van der Waals surface area contributed by atoms with Gasteiger partial charge >= 0.3 is 5.69 Å². The van der Waals surface area contributed by atoms with Crippen molar-refractivity contribution in [3.8, 4) is 0 Å². The molecule has 3 rings (SSSR count). The topological polar surface area (TPSA) is 75.5 Å². The molecule has 1 aromatic carbocycles. The van der Waals surface area contributed by atoms with Crippen LogP contribution in [0.25, 0.3) is 0 Å². The second-order valence-corrected chi connectivity index (χ2v) is 5.50. The number of amides is 1. The van der Waals surface area contributed by atoms with Crippen molar-refractivity contribution in [3.63, 3.8) is 0 Å². The molecule has 2 fully saturated rings. The third-order valence-electron chi connectivity index (χ3n) is 3.94. The second-order valence-electron chi connectivity index (χ2n) is 5.50. The van der Waals surface area contributed by atoms with Crippen molar-refractivity contribution in [2.75, 3.05) is 11.4 Å². The number of carbonyl (C=O) groups is 1. The van der Waals surface area contributed by atoms with E-state index < -0.39 is 22.5 Å². The zero-order valence-corrected chi connectivity index (χ0v) is 11.4. The van der Waals surface area contributed by atoms with Crippen molar-refractivity contribution in [3.05, 3.63) is 34.1 Å². The molecular weight excluding hydrogens is 277 g/mol. The van der Waals surface area contributed by atoms with E-state index in [1.54, 1.807) is 4.90 Å². The third kappa shape index (κ3) is 2.68. The molecule has 1 aliphatic heterocycles. The number of carbonyl (C=O) groups excluding carboxylic acids is 1. The first-order chi connectivity index (χ1) is 10.1. The van der Waals surface area contributed by atoms with Gasteiger partial charge < -0.3 is 10.2 Å². The molecule has 0 radical (unpaired) electrons. The average Bonchev–Trinajstić information content (AvgIpc) is 3.11. The first kappa shape index (κ1) is 13.8. The van der Waals surface area contributed by atoms with Crippen LogP contribution in [-0.4, -0.2) is 29.5 Å². The Morgan fingerprint density at radius 1 is 1.38 bits per heavy atom. The molecule has 1 amide bonds. The summed E-state index contributed by atoms with van der Waals surface area (Å²) in [4.78, 5) is 24.3. The predicted molar refractivity (Wildman–Crippen MR) is 74.6 cm³/mol. The Hall–Kier alpha value is -2.18. The molecule has 1 atom stereocenters. The van der Waals surface area contributed by atoms with Gasteiger partial charge in [-0.15, -0.1) is 0 Å². The molecule has 1 saturated carbocycles. The van der Waals surface area contributed by atoms with Crippen LogP contribution in [-0.2, 0) is 4.79 Å². The number of halogens is 1. The fourth-order valence-electron chi connectivity index (χ4n) is 2.77. The molecule has 1 N–H and O–H groups in total. The van der Waals surface area contributed by atoms with Gasteiger partial charge in [0.2, 0.25) is 11.7 Å². The fraction of sp³-hybridized carbons (Fsp3) is 0.500. The maximum absolute atomic E-state index is 13.7. The van der Waals surface area contributed by atoms with Gasteiger partial charge in [-0.25, -0.2) is 0 Å². The van der Waals surface area contributed by atoms with Crippen LogP contribution in [0.15, 0.2) is 18.2 Å². The van der Waals surface area contributed by atoms with E-state index in [1.807, 2.05) is 0 Å². The van der Waals surface area contributed by atoms with Crippen molar-refractivity contribution in [1.82, 2.24) is 5.32 Å². The smallest absolute Gasteiger partial charge is 0.327 e. The molecule has 0 bridgehead atoms. The summed E-state index contributed by atoms with van der Waals surface area (Å²) in [5, 5.41) is 14.0. The molecule has 0 aromatic heterocycles. The molecule has 1 saturated heterocycles. The van der Waals surface area contributed by atoms with Gasteiger partial charge in [-0.3, -0.25) is 14.9 Å². The molecule has 0 spiro atoms. The lowest BCUT2D eigenvalue weighted by atomic mass is 10.1. The number of nitro groups is 1. The molecule has 2 aliphatic rings. The highest BCUT2D eigenvalue weighted by atomic mass is 19.1. The van der Waals surface area contributed by atoms with Crippen LogP contribution in [0, 0.1) is 15.9 Å². The number of hydrogen-bond acceptors (Lipinski definition) is 4. The Morgan fingerprint density at radius 3 is 2.81 bits per heavy atom. The number of nitrogens with zero attached hydrogens (tertiary/aromatic N) is 2. The van der Waals surface area contributed by atoms with Crippen LogP contribution in [0.4, 0.5) is 15.8 Å². The summed E-state index contributed by atoms with van der Waals surface area (Å²) in [6, 6.07) is 3.79. The largest absolute Gasteiger partial charge is 0.354 e. The number of para-hydroxylation sites is 1. The first-order valence-electron chi connectivity index (χ1n) is 7.08. The van der Waals surface area contributed by atoms with Crippen LogP contribution in [0.5, 0.6) is 0 Å². The molecular formula is C14H16FN3O3. The van der Waals surface area contributed by atoms with E-state index in [2.05, 4.69) is 5.32 Å². The Labute approximate surface area is 121 Å². The standard InChI is InChI=1S/C14H16FN3O3/c15-10-3-1-4-11(13(10)18(20)21)17-8-2-5-12(17)14(19)16-9-6-7-9/h1,3-4,9,12H,2,5-8H2,(H,16,19)/t12-/m1/s1. The quantitative estimate of drug-likeness (QED) is 0.680. The summed E-state index contributed by atoms with van der Waals surface area (Å²) in [6.07, 6.45) is 3.36. The van der Waals surface area contributed by atoms with Crippen molar-refractivity contribution < 1.29 is 14.1 Å². The highest BCUT2D eigenvalue weighted by molar-refractivity contribution is 5.87. The normalized spacial score (nSPS) is 21.4. The maximum Gasteiger partial charge on any atom is 0.327 e. The van der Waals surface area contributed by atoms with Crippen LogP contribution in [0.2, 0.25) is 0 Å². The SMILES string of the molecule is O=C(NC1CC1)[C@H]1CCCN1c1cccc(F)c1[N+](=O)[O-]. The van der Waals surface area contributed by atoms with Crippen molar-refractivity contribution >= 4 is 17.3 Å². The van der Waals surface area contributed by atoms with E-state index in [-0.39, 0.29) is 17.6 Å². The summed E-state index contributed by atoms with van der Waals surface area (Å²) in [5.74, 6) is -0.987. The van der Waals surface area contributed by atoms with E-state index in [1.165, 1.54) is 12.1 Å². The third-order valence-corrected chi connectivity index (χ3v) is 3.94. The van der Waals surface area contributed by atoms with E-state index in [0.717, 1.165) is 25.3 Å². The van der Waals surface area contributed by atoms with Gasteiger partial charge in [0.05, 0.1) is 4.92 Å². The van der Waals surface area contributed by atoms with Gasteiger partial charge in [-0.2, -0.15) is 4.39 Å². The van der Waals surface area contributed by atoms with Gasteiger partial charge in [0.15, 0.2) is 0 Å². The van der Waals surface area contributed by atoms with Crippen LogP contribution in [0.3, 0.4) is 0 Å². The van der Waals surface area contributed by atoms with Gasteiger partial charge in [0, 0.05) is 12.6 Å².